The van der Waals surface area contributed by atoms with E-state index in [1.807, 2.05) is 83.1 Å². The molecule has 0 fully saturated rings. The lowest BCUT2D eigenvalue weighted by atomic mass is 9.89. The van der Waals surface area contributed by atoms with Gasteiger partial charge in [-0.1, -0.05) is 83.1 Å². The van der Waals surface area contributed by atoms with E-state index in [1.54, 1.807) is 20.8 Å². The number of carboxylic acid groups (broad SMARTS) is 2. The quantitative estimate of drug-likeness (QED) is 0.520. The summed E-state index contributed by atoms with van der Waals surface area (Å²) in [5.74, 6) is -2.17. The molecule has 0 heterocycles. The van der Waals surface area contributed by atoms with E-state index in [4.69, 9.17) is 10.2 Å². The lowest BCUT2D eigenvalue weighted by Gasteiger charge is -2.15. The van der Waals surface area contributed by atoms with Crippen molar-refractivity contribution in [1.82, 2.24) is 0 Å². The average molecular weight is 403 g/mol. The Morgan fingerprint density at radius 3 is 0.750 bits per heavy atom. The summed E-state index contributed by atoms with van der Waals surface area (Å²) in [7, 11) is 0. The molecule has 0 saturated heterocycles. The van der Waals surface area contributed by atoms with Gasteiger partial charge >= 0.3 is 11.9 Å². The summed E-state index contributed by atoms with van der Waals surface area (Å²) in [5.41, 5.74) is 2.50. The molecule has 1 aromatic carbocycles. The first kappa shape index (κ1) is 40.7. The Morgan fingerprint density at radius 1 is 0.429 bits per heavy atom. The summed E-state index contributed by atoms with van der Waals surface area (Å²) in [4.78, 5) is 22.2. The number of hydrogen-bond donors (Lipinski definition) is 2. The van der Waals surface area contributed by atoms with Crippen molar-refractivity contribution in [3.05, 3.63) is 33.4 Å². The molecule has 0 aliphatic carbocycles. The zero-order valence-electron chi connectivity index (χ0n) is 21.7. The maximum atomic E-state index is 11.1. The molecule has 0 saturated carbocycles. The summed E-state index contributed by atoms with van der Waals surface area (Å²) in [5, 5.41) is 18.2. The molecule has 1 rings (SSSR count). The Kier molecular flexibility index (Phi) is 43.5. The molecule has 28 heavy (non-hydrogen) atoms. The van der Waals surface area contributed by atoms with Crippen LogP contribution in [0.15, 0.2) is 0 Å². The molecule has 1 aromatic rings. The van der Waals surface area contributed by atoms with Crippen LogP contribution < -0.4 is 0 Å². The van der Waals surface area contributed by atoms with Crippen molar-refractivity contribution in [2.45, 2.75) is 111 Å². The molecule has 0 aliphatic heterocycles. The highest BCUT2D eigenvalue weighted by Crippen LogP contribution is 2.26. The van der Waals surface area contributed by atoms with Crippen molar-refractivity contribution >= 4 is 11.9 Å². The van der Waals surface area contributed by atoms with E-state index >= 15 is 0 Å². The Bertz CT molecular complexity index is 449. The molecule has 0 spiro atoms. The highest BCUT2D eigenvalue weighted by Gasteiger charge is 2.22. The first-order valence-corrected chi connectivity index (χ1v) is 10.9. The molecular weight excluding hydrogens is 352 g/mol. The van der Waals surface area contributed by atoms with Crippen molar-refractivity contribution in [2.75, 3.05) is 0 Å². The van der Waals surface area contributed by atoms with Gasteiger partial charge in [0.05, 0.1) is 11.1 Å². The smallest absolute Gasteiger partial charge is 0.336 e. The van der Waals surface area contributed by atoms with Crippen molar-refractivity contribution in [2.24, 2.45) is 0 Å². The lowest BCUT2D eigenvalue weighted by Crippen LogP contribution is -2.13. The molecule has 0 unspecified atom stereocenters. The molecule has 0 atom stereocenters. The zero-order valence-corrected chi connectivity index (χ0v) is 21.7. The molecule has 4 heteroatoms. The van der Waals surface area contributed by atoms with Gasteiger partial charge in [0.1, 0.15) is 0 Å². The lowest BCUT2D eigenvalue weighted by molar-refractivity contribution is 0.0695. The highest BCUT2D eigenvalue weighted by molar-refractivity contribution is 5.99. The van der Waals surface area contributed by atoms with Crippen LogP contribution in [-0.4, -0.2) is 22.2 Å². The Labute approximate surface area is 176 Å². The van der Waals surface area contributed by atoms with E-state index in [2.05, 4.69) is 0 Å². The second-order valence-electron chi connectivity index (χ2n) is 3.86. The van der Waals surface area contributed by atoms with Crippen molar-refractivity contribution in [3.8, 4) is 0 Å². The predicted molar refractivity (Wildman–Crippen MR) is 127 cm³/mol. The first-order chi connectivity index (χ1) is 13.3. The van der Waals surface area contributed by atoms with Gasteiger partial charge in [-0.25, -0.2) is 9.59 Å². The van der Waals surface area contributed by atoms with Crippen LogP contribution in [0.4, 0.5) is 0 Å². The van der Waals surface area contributed by atoms with Crippen LogP contribution in [-0.2, 0) is 0 Å². The third-order valence-corrected chi connectivity index (χ3v) is 3.05. The fourth-order valence-electron chi connectivity index (χ4n) is 1.99. The average Bonchev–Trinajstić information content (AvgIpc) is 2.75. The van der Waals surface area contributed by atoms with Gasteiger partial charge in [0.15, 0.2) is 0 Å². The van der Waals surface area contributed by atoms with Crippen LogP contribution in [0.5, 0.6) is 0 Å². The summed E-state index contributed by atoms with van der Waals surface area (Å²) < 4.78 is 0. The fourth-order valence-corrected chi connectivity index (χ4v) is 1.99. The maximum absolute atomic E-state index is 11.1. The standard InChI is InChI=1S/C12H14O4.6C2H6/c1-5-6(2)9(11(13)14)8(4)10(7(5)3)12(15)16;6*1-2/h1-4H3,(H,13,14)(H,15,16);6*1-2H3. The van der Waals surface area contributed by atoms with E-state index in [-0.39, 0.29) is 11.1 Å². The van der Waals surface area contributed by atoms with E-state index in [1.165, 1.54) is 6.92 Å². The SMILES string of the molecule is CC.CC.CC.CC.CC.CC.Cc1c(C)c(C(=O)O)c(C)c(C(=O)O)c1C. The van der Waals surface area contributed by atoms with Gasteiger partial charge in [0.25, 0.3) is 0 Å². The van der Waals surface area contributed by atoms with Crippen LogP contribution in [0.3, 0.4) is 0 Å². The van der Waals surface area contributed by atoms with Crippen molar-refractivity contribution in [1.29, 1.82) is 0 Å². The Balaban J connectivity index is -0.0000000860. The second-order valence-corrected chi connectivity index (χ2v) is 3.86. The van der Waals surface area contributed by atoms with E-state index < -0.39 is 11.9 Å². The predicted octanol–water partition coefficient (Wildman–Crippen LogP) is 8.47. The third-order valence-electron chi connectivity index (χ3n) is 3.05. The number of carboxylic acids is 2. The maximum Gasteiger partial charge on any atom is 0.336 e. The van der Waals surface area contributed by atoms with Gasteiger partial charge in [-0.15, -0.1) is 0 Å². The number of hydrogen-bond acceptors (Lipinski definition) is 2. The molecule has 0 aliphatic rings. The minimum Gasteiger partial charge on any atom is -0.478 e. The monoisotopic (exact) mass is 402 g/mol. The molecule has 2 N–H and O–H groups in total. The Hall–Kier alpha value is -1.84. The van der Waals surface area contributed by atoms with Gasteiger partial charge in [0, 0.05) is 0 Å². The molecule has 0 amide bonds. The molecule has 0 radical (unpaired) electrons. The minimum absolute atomic E-state index is 0.0977. The van der Waals surface area contributed by atoms with E-state index in [0.29, 0.717) is 16.7 Å². The van der Waals surface area contributed by atoms with Crippen LogP contribution in [0.25, 0.3) is 0 Å². The number of aromatic carboxylic acids is 2. The highest BCUT2D eigenvalue weighted by atomic mass is 16.4. The molecule has 170 valence electrons. The summed E-state index contributed by atoms with van der Waals surface area (Å²) in [6.07, 6.45) is 0. The van der Waals surface area contributed by atoms with Crippen molar-refractivity contribution < 1.29 is 19.8 Å². The van der Waals surface area contributed by atoms with Crippen LogP contribution in [0.1, 0.15) is 126 Å². The molecule has 4 nitrogen and oxygen atoms in total. The topological polar surface area (TPSA) is 74.6 Å². The van der Waals surface area contributed by atoms with Gasteiger partial charge in [-0.3, -0.25) is 0 Å². The molecule has 0 aromatic heterocycles. The van der Waals surface area contributed by atoms with Crippen molar-refractivity contribution in [3.63, 3.8) is 0 Å². The second kappa shape index (κ2) is 29.9. The van der Waals surface area contributed by atoms with Crippen LogP contribution in [0.2, 0.25) is 0 Å². The van der Waals surface area contributed by atoms with Gasteiger partial charge in [-0.2, -0.15) is 0 Å². The number of benzene rings is 1. The molecule has 0 bridgehead atoms. The zero-order chi connectivity index (χ0) is 24.6. The summed E-state index contributed by atoms with van der Waals surface area (Å²) >= 11 is 0. The first-order valence-electron chi connectivity index (χ1n) is 10.9. The number of rotatable bonds is 2. The number of carbonyl (C=O) groups is 2. The van der Waals surface area contributed by atoms with Gasteiger partial charge in [-0.05, 0) is 49.9 Å². The van der Waals surface area contributed by atoms with Gasteiger partial charge in [0.2, 0.25) is 0 Å². The Morgan fingerprint density at radius 2 is 0.607 bits per heavy atom. The fraction of sp³-hybridized carbons (Fsp3) is 0.667. The van der Waals surface area contributed by atoms with Gasteiger partial charge < -0.3 is 10.2 Å². The largest absolute Gasteiger partial charge is 0.478 e. The molecular formula is C24H50O4. The normalized spacial score (nSPS) is 7.14. The third kappa shape index (κ3) is 14.2. The van der Waals surface area contributed by atoms with Crippen LogP contribution in [0, 0.1) is 27.7 Å². The summed E-state index contributed by atoms with van der Waals surface area (Å²) in [6.45, 7) is 30.7. The van der Waals surface area contributed by atoms with Crippen LogP contribution >= 0.6 is 0 Å². The van der Waals surface area contributed by atoms with E-state index in [0.717, 1.165) is 5.56 Å². The summed E-state index contributed by atoms with van der Waals surface area (Å²) in [6, 6.07) is 0. The van der Waals surface area contributed by atoms with E-state index in [9.17, 15) is 9.59 Å². The minimum atomic E-state index is -1.08.